The van der Waals surface area contributed by atoms with E-state index in [4.69, 9.17) is 47.1 Å². The lowest BCUT2D eigenvalue weighted by Gasteiger charge is -2.33. The quantitative estimate of drug-likeness (QED) is 0.0118. The molecule has 27 nitrogen and oxygen atoms in total. The molecule has 0 spiro atoms. The molecule has 0 aliphatic heterocycles. The van der Waals surface area contributed by atoms with Crippen LogP contribution >= 0.6 is 35.3 Å². The Bertz CT molecular complexity index is 4270. The molecular weight excluding hydrogens is 1670 g/mol. The zero-order valence-corrected chi connectivity index (χ0v) is 82.1. The Morgan fingerprint density at radius 3 is 1.10 bits per heavy atom. The van der Waals surface area contributed by atoms with Gasteiger partial charge in [0.25, 0.3) is 0 Å². The molecule has 2 amide bonds. The van der Waals surface area contributed by atoms with Crippen LogP contribution in [0.15, 0.2) is 144 Å². The molecule has 9 rings (SSSR count). The van der Waals surface area contributed by atoms with Crippen molar-refractivity contribution in [3.63, 3.8) is 0 Å². The number of nitrogens with one attached hydrogen (secondary N) is 2. The smallest absolute Gasteiger partial charge is 0.307 e. The highest BCUT2D eigenvalue weighted by atomic mass is 32.2. The Morgan fingerprint density at radius 2 is 0.758 bits per heavy atom. The molecule has 36 heteroatoms. The van der Waals surface area contributed by atoms with Crippen LogP contribution in [0.2, 0.25) is 102 Å². The molecular formula is C84H125N17O10S3Si6. The predicted molar refractivity (Wildman–Crippen MR) is 491 cm³/mol. The molecule has 1 atom stereocenters. The zero-order valence-electron chi connectivity index (χ0n) is 73.6. The van der Waals surface area contributed by atoms with Crippen molar-refractivity contribution in [2.24, 2.45) is 5.41 Å². The lowest BCUT2D eigenvalue weighted by molar-refractivity contribution is -0.164. The molecule has 120 heavy (non-hydrogen) atoms. The number of hydrogen-bond donors (Lipinski definition) is 2. The van der Waals surface area contributed by atoms with Crippen molar-refractivity contribution in [3.8, 4) is 33.8 Å². The van der Waals surface area contributed by atoms with E-state index in [-0.39, 0.29) is 63.7 Å². The first-order valence-electron chi connectivity index (χ1n) is 41.3. The number of thioether (sulfide) groups is 3. The molecule has 0 aliphatic rings. The summed E-state index contributed by atoms with van der Waals surface area (Å²) in [5.74, 6) is -0.133. The lowest BCUT2D eigenvalue weighted by Crippen LogP contribution is -2.46. The van der Waals surface area contributed by atoms with Crippen molar-refractivity contribution in [1.82, 2.24) is 85.5 Å². The lowest BCUT2D eigenvalue weighted by atomic mass is 9.86. The van der Waals surface area contributed by atoms with Gasteiger partial charge >= 0.3 is 5.97 Å². The van der Waals surface area contributed by atoms with Crippen molar-refractivity contribution in [3.05, 3.63) is 162 Å². The molecule has 6 aromatic heterocycles. The number of carbonyl (C=O) groups is 4. The second-order valence-electron chi connectivity index (χ2n) is 36.6. The number of nitrogens with zero attached hydrogens (tertiary/aromatic N) is 15. The van der Waals surface area contributed by atoms with E-state index >= 15 is 0 Å². The zero-order chi connectivity index (χ0) is 86.8. The van der Waals surface area contributed by atoms with Crippen LogP contribution in [0.5, 0.6) is 0 Å². The van der Waals surface area contributed by atoms with Crippen LogP contribution in [-0.4, -0.2) is 203 Å². The Balaban J connectivity index is 0.821. The summed E-state index contributed by atoms with van der Waals surface area (Å²) in [6.07, 6.45) is 21.3. The SMILES string of the molecule is CC(=O)CCCC[Si](C)(C)O[Si](C)(C)CSc1ncc(Cn2cc(-c3ccc(COCC(COCc4ccc(-c5cn(Cc6cnc(SC[Si](C)(C)C[Si](C)(C)CCCNC(C)=O)nc6)nn5)cc4)(COCc4ccc(-c5cn(Cc6cnc(SC[Si](C)(C)O[Si](C)(C)CCCNC(C)=O)nc6)nn5)cc4)CC(=O)OC(C)(C)C)cc3)nn2)cn1. The molecule has 0 fully saturated rings. The minimum absolute atomic E-state index is 0.00630. The van der Waals surface area contributed by atoms with Gasteiger partial charge in [0.05, 0.1) is 97.8 Å². The highest BCUT2D eigenvalue weighted by molar-refractivity contribution is 8.01. The second kappa shape index (κ2) is 44.7. The average Bonchev–Trinajstić information content (AvgIpc) is 1.38. The first-order valence-corrected chi connectivity index (χ1v) is 63.6. The largest absolute Gasteiger partial charge is 0.460 e. The average molecular weight is 1800 g/mol. The molecule has 9 aromatic rings. The van der Waals surface area contributed by atoms with Crippen molar-refractivity contribution in [2.75, 3.05) is 49.0 Å². The van der Waals surface area contributed by atoms with Crippen LogP contribution in [-0.2, 0) is 85.8 Å². The minimum Gasteiger partial charge on any atom is -0.460 e. The third-order valence-corrected chi connectivity index (χ3v) is 52.6. The summed E-state index contributed by atoms with van der Waals surface area (Å²) in [6, 6.07) is 27.3. The summed E-state index contributed by atoms with van der Waals surface area (Å²) in [7, 11) is -10.8. The molecule has 0 bridgehead atoms. The monoisotopic (exact) mass is 1800 g/mol. The number of benzene rings is 3. The number of rotatable bonds is 51. The van der Waals surface area contributed by atoms with Gasteiger partial charge in [-0.1, -0.05) is 168 Å². The second-order valence-corrected chi connectivity index (χ2v) is 69.3. The fraction of sp³-hybridized carbons (Fsp3) is 0.524. The van der Waals surface area contributed by atoms with Gasteiger partial charge in [0.2, 0.25) is 11.8 Å². The summed E-state index contributed by atoms with van der Waals surface area (Å²) in [6.45, 7) is 42.1. The first-order chi connectivity index (χ1) is 56.7. The van der Waals surface area contributed by atoms with E-state index in [2.05, 4.69) is 130 Å². The summed E-state index contributed by atoms with van der Waals surface area (Å²) in [4.78, 5) is 76.6. The van der Waals surface area contributed by atoms with Gasteiger partial charge in [0.1, 0.15) is 28.5 Å². The molecule has 0 radical (unpaired) electrons. The Labute approximate surface area is 728 Å². The number of esters is 1. The molecule has 3 aromatic carbocycles. The summed E-state index contributed by atoms with van der Waals surface area (Å²) in [5, 5.41) is 37.7. The van der Waals surface area contributed by atoms with Crippen LogP contribution in [0.25, 0.3) is 33.8 Å². The van der Waals surface area contributed by atoms with Gasteiger partial charge in [-0.2, -0.15) is 0 Å². The predicted octanol–water partition coefficient (Wildman–Crippen LogP) is 16.2. The number of unbranched alkanes of at least 4 members (excludes halogenated alkanes) is 1. The van der Waals surface area contributed by atoms with E-state index in [1.807, 2.05) is 149 Å². The number of ketones is 1. The fourth-order valence-electron chi connectivity index (χ4n) is 14.4. The molecule has 2 N–H and O–H groups in total. The van der Waals surface area contributed by atoms with Gasteiger partial charge < -0.3 is 42.6 Å². The molecule has 1 unspecified atom stereocenters. The topological polar surface area (TPSA) is 317 Å². The summed E-state index contributed by atoms with van der Waals surface area (Å²) >= 11 is 5.01. The maximum Gasteiger partial charge on any atom is 0.307 e. The number of hydrogen-bond acceptors (Lipinski definition) is 25. The van der Waals surface area contributed by atoms with E-state index in [9.17, 15) is 19.2 Å². The number of Topliss-reactive ketones (excluding diaryl/α,β-unsaturated/α-hetero) is 1. The van der Waals surface area contributed by atoms with Gasteiger partial charge in [-0.05, 0) is 133 Å². The number of amides is 2. The maximum absolute atomic E-state index is 14.2. The Hall–Kier alpha value is -7.45. The Kier molecular flexibility index (Phi) is 35.9. The number of carbonyl (C=O) groups excluding carboxylic acids is 4. The van der Waals surface area contributed by atoms with Gasteiger partial charge in [0, 0.05) is 123 Å². The third kappa shape index (κ3) is 35.1. The third-order valence-electron chi connectivity index (χ3n) is 19.5. The molecule has 648 valence electrons. The van der Waals surface area contributed by atoms with Crippen LogP contribution in [0.4, 0.5) is 0 Å². The highest BCUT2D eigenvalue weighted by Gasteiger charge is 2.39. The van der Waals surface area contributed by atoms with E-state index < -0.39 is 66.4 Å². The van der Waals surface area contributed by atoms with Crippen molar-refractivity contribution in [2.45, 2.75) is 243 Å². The molecule has 0 aliphatic carbocycles. The van der Waals surface area contributed by atoms with Gasteiger partial charge in [-0.25, -0.2) is 43.9 Å². The van der Waals surface area contributed by atoms with Crippen molar-refractivity contribution < 1.29 is 46.4 Å². The number of ether oxygens (including phenoxy) is 4. The summed E-state index contributed by atoms with van der Waals surface area (Å²) in [5.41, 5.74) is 9.82. The van der Waals surface area contributed by atoms with Crippen molar-refractivity contribution in [1.29, 1.82) is 0 Å². The van der Waals surface area contributed by atoms with Crippen molar-refractivity contribution >= 4 is 108 Å². The van der Waals surface area contributed by atoms with Gasteiger partial charge in [-0.15, -0.1) is 15.3 Å². The van der Waals surface area contributed by atoms with Crippen LogP contribution in [0, 0.1) is 5.41 Å². The van der Waals surface area contributed by atoms with Crippen LogP contribution < -0.4 is 10.6 Å². The standard InChI is InChI=1S/C84H125N17O10S3Si6/c1-64(102)23-19-20-39-117(11,12)110-119(15,16)61-113-81-89-44-71(45-90-81)49-100-52-77(94-97-100)74-32-26-68(27-33-74)55-107-58-84(41-79(105)109-83(4,5)6,57-106-54-67-24-30-73(31-25-67)76-51-99(96-93-76)48-70-42-87-80(88-43-70)112-60-116(9,10)63-115(7,8)38-21-36-85-65(2)103)59-108-56-69-28-34-75(35-29-69)78-53-101(98-95-78)50-72-46-91-82(92-47-72)114-62-120(17,18)111-118(13,14)40-22-37-86-66(3)104/h24-35,42-47,51-53H,19-23,36-41,48-50,54-63H2,1-18H3,(H,85,103)(H,86,104). The van der Waals surface area contributed by atoms with Crippen LogP contribution in [0.3, 0.4) is 0 Å². The molecule has 0 saturated heterocycles. The van der Waals surface area contributed by atoms with Gasteiger partial charge in [-0.3, -0.25) is 14.4 Å². The first kappa shape index (κ1) is 96.4. The Morgan fingerprint density at radius 1 is 0.417 bits per heavy atom. The van der Waals surface area contributed by atoms with Gasteiger partial charge in [0.15, 0.2) is 48.7 Å². The molecule has 0 saturated carbocycles. The number of aromatic nitrogens is 15. The highest BCUT2D eigenvalue weighted by Crippen LogP contribution is 2.34. The van der Waals surface area contributed by atoms with E-state index in [1.54, 1.807) is 70.1 Å². The van der Waals surface area contributed by atoms with Crippen LogP contribution in [0.1, 0.15) is 113 Å². The minimum atomic E-state index is -2.03. The maximum atomic E-state index is 14.2. The van der Waals surface area contributed by atoms with E-state index in [0.717, 1.165) is 121 Å². The molecule has 6 heterocycles. The summed E-state index contributed by atoms with van der Waals surface area (Å²) < 4.78 is 45.0. The van der Waals surface area contributed by atoms with E-state index in [0.29, 0.717) is 54.3 Å². The normalized spacial score (nSPS) is 13.0. The fourth-order valence-corrected chi connectivity index (χ4v) is 51.0. The van der Waals surface area contributed by atoms with E-state index in [1.165, 1.54) is 11.7 Å².